The van der Waals surface area contributed by atoms with E-state index in [9.17, 15) is 13.2 Å². The van der Waals surface area contributed by atoms with Crippen LogP contribution in [0.25, 0.3) is 0 Å². The van der Waals surface area contributed by atoms with Crippen LogP contribution >= 0.6 is 0 Å². The third kappa shape index (κ3) is 3.79. The Kier molecular flexibility index (Phi) is 4.86. The van der Waals surface area contributed by atoms with E-state index in [1.54, 1.807) is 13.8 Å². The molecule has 0 saturated heterocycles. The maximum Gasteiger partial charge on any atom is 0.402 e. The Labute approximate surface area is 115 Å². The van der Waals surface area contributed by atoms with Crippen LogP contribution in [-0.4, -0.2) is 23.8 Å². The van der Waals surface area contributed by atoms with Gasteiger partial charge in [-0.05, 0) is 31.9 Å². The molecule has 112 valence electrons. The minimum atomic E-state index is -4.64. The van der Waals surface area contributed by atoms with Crippen LogP contribution in [0, 0.1) is 26.7 Å². The lowest BCUT2D eigenvalue weighted by molar-refractivity contribution is -0.162. The van der Waals surface area contributed by atoms with Gasteiger partial charge in [-0.3, -0.25) is 0 Å². The second-order valence-corrected chi connectivity index (χ2v) is 4.66. The number of alkyl halides is 3. The Bertz CT molecular complexity index is 490. The van der Waals surface area contributed by atoms with Gasteiger partial charge in [-0.15, -0.1) is 0 Å². The summed E-state index contributed by atoms with van der Waals surface area (Å²) >= 11 is 0. The van der Waals surface area contributed by atoms with E-state index in [4.69, 9.17) is 15.7 Å². The number of hydrogen-bond acceptors (Lipinski definition) is 3. The van der Waals surface area contributed by atoms with Gasteiger partial charge in [0, 0.05) is 0 Å². The van der Waals surface area contributed by atoms with Gasteiger partial charge in [-0.25, -0.2) is 0 Å². The summed E-state index contributed by atoms with van der Waals surface area (Å²) in [6.45, 7) is 4.66. The fourth-order valence-electron chi connectivity index (χ4n) is 1.98. The zero-order valence-corrected chi connectivity index (χ0v) is 11.5. The van der Waals surface area contributed by atoms with Crippen molar-refractivity contribution in [3.63, 3.8) is 0 Å². The van der Waals surface area contributed by atoms with Crippen molar-refractivity contribution in [1.82, 2.24) is 0 Å². The summed E-state index contributed by atoms with van der Waals surface area (Å²) in [6, 6.07) is 3.63. The molecule has 7 heteroatoms. The van der Waals surface area contributed by atoms with E-state index in [1.165, 1.54) is 0 Å². The summed E-state index contributed by atoms with van der Waals surface area (Å²) in [5, 5.41) is 10.8. The summed E-state index contributed by atoms with van der Waals surface area (Å²) in [5.41, 5.74) is 7.54. The van der Waals surface area contributed by atoms with Crippen LogP contribution < -0.4 is 10.5 Å². The molecule has 1 rings (SSSR count). The van der Waals surface area contributed by atoms with Crippen molar-refractivity contribution in [2.45, 2.75) is 26.9 Å². The smallest absolute Gasteiger partial charge is 0.402 e. The molecular weight excluding hydrogens is 273 g/mol. The van der Waals surface area contributed by atoms with Gasteiger partial charge in [0.1, 0.15) is 18.3 Å². The first-order valence-electron chi connectivity index (χ1n) is 5.91. The summed E-state index contributed by atoms with van der Waals surface area (Å²) < 4.78 is 43.6. The van der Waals surface area contributed by atoms with Crippen molar-refractivity contribution in [2.24, 2.45) is 16.8 Å². The third-order valence-corrected chi connectivity index (χ3v) is 2.87. The first-order chi connectivity index (χ1) is 9.16. The Morgan fingerprint density at radius 3 is 2.20 bits per heavy atom. The topological polar surface area (TPSA) is 67.8 Å². The van der Waals surface area contributed by atoms with Crippen LogP contribution in [0.4, 0.5) is 13.2 Å². The number of benzene rings is 1. The van der Waals surface area contributed by atoms with E-state index < -0.39 is 24.5 Å². The van der Waals surface area contributed by atoms with Crippen molar-refractivity contribution < 1.29 is 23.1 Å². The number of amidine groups is 1. The second kappa shape index (κ2) is 6.02. The SMILES string of the molecule is Cc1cc(C)c(OCC(/C(N)=N/O)C(F)(F)F)c(C)c1. The number of nitrogens with two attached hydrogens (primary N) is 1. The molecule has 0 radical (unpaired) electrons. The Morgan fingerprint density at radius 1 is 1.30 bits per heavy atom. The largest absolute Gasteiger partial charge is 0.492 e. The van der Waals surface area contributed by atoms with E-state index >= 15 is 0 Å². The first-order valence-corrected chi connectivity index (χ1v) is 5.91. The molecule has 4 nitrogen and oxygen atoms in total. The molecule has 1 atom stereocenters. The molecule has 0 amide bonds. The molecule has 0 fully saturated rings. The Balaban J connectivity index is 2.95. The minimum Gasteiger partial charge on any atom is -0.492 e. The summed E-state index contributed by atoms with van der Waals surface area (Å²) in [5.74, 6) is -2.68. The van der Waals surface area contributed by atoms with Crippen LogP contribution in [-0.2, 0) is 0 Å². The van der Waals surface area contributed by atoms with Gasteiger partial charge < -0.3 is 15.7 Å². The van der Waals surface area contributed by atoms with Crippen LogP contribution in [0.5, 0.6) is 5.75 Å². The summed E-state index contributed by atoms with van der Waals surface area (Å²) in [4.78, 5) is 0. The molecule has 0 heterocycles. The first kappa shape index (κ1) is 16.1. The number of hydrogen-bond donors (Lipinski definition) is 2. The van der Waals surface area contributed by atoms with Gasteiger partial charge in [0.05, 0.1) is 0 Å². The highest BCUT2D eigenvalue weighted by Crippen LogP contribution is 2.30. The molecule has 1 unspecified atom stereocenters. The highest BCUT2D eigenvalue weighted by Gasteiger charge is 2.43. The standard InChI is InChI=1S/C13H17F3N2O2/c1-7-4-8(2)11(9(3)5-7)20-6-10(12(17)18-19)13(14,15)16/h4-5,10,19H,6H2,1-3H3,(H2,17,18). The van der Waals surface area contributed by atoms with E-state index in [1.807, 2.05) is 19.1 Å². The van der Waals surface area contributed by atoms with Crippen LogP contribution in [0.15, 0.2) is 17.3 Å². The lowest BCUT2D eigenvalue weighted by Crippen LogP contribution is -2.40. The van der Waals surface area contributed by atoms with Crippen molar-refractivity contribution in [3.05, 3.63) is 28.8 Å². The molecule has 0 aliphatic heterocycles. The predicted octanol–water partition coefficient (Wildman–Crippen LogP) is 2.92. The Morgan fingerprint density at radius 2 is 1.80 bits per heavy atom. The predicted molar refractivity (Wildman–Crippen MR) is 69.1 cm³/mol. The molecular formula is C13H17F3N2O2. The summed E-state index contributed by atoms with van der Waals surface area (Å²) in [6.07, 6.45) is -4.64. The fourth-order valence-corrected chi connectivity index (χ4v) is 1.98. The average molecular weight is 290 g/mol. The van der Waals surface area contributed by atoms with Crippen molar-refractivity contribution in [2.75, 3.05) is 6.61 Å². The quantitative estimate of drug-likeness (QED) is 0.388. The molecule has 0 aliphatic carbocycles. The number of oxime groups is 1. The third-order valence-electron chi connectivity index (χ3n) is 2.87. The molecule has 0 aromatic heterocycles. The van der Waals surface area contributed by atoms with Crippen LogP contribution in [0.1, 0.15) is 16.7 Å². The van der Waals surface area contributed by atoms with E-state index in [0.717, 1.165) is 16.7 Å². The zero-order valence-electron chi connectivity index (χ0n) is 11.5. The molecule has 0 spiro atoms. The Hall–Kier alpha value is -1.92. The molecule has 3 N–H and O–H groups in total. The normalized spacial score (nSPS) is 14.2. The second-order valence-electron chi connectivity index (χ2n) is 4.66. The van der Waals surface area contributed by atoms with Gasteiger partial charge in [-0.2, -0.15) is 13.2 Å². The number of aryl methyl sites for hydroxylation is 3. The van der Waals surface area contributed by atoms with Crippen molar-refractivity contribution >= 4 is 5.84 Å². The van der Waals surface area contributed by atoms with Crippen molar-refractivity contribution in [3.8, 4) is 5.75 Å². The maximum atomic E-state index is 12.8. The van der Waals surface area contributed by atoms with E-state index in [-0.39, 0.29) is 0 Å². The highest BCUT2D eigenvalue weighted by molar-refractivity contribution is 5.83. The van der Waals surface area contributed by atoms with Gasteiger partial charge in [0.2, 0.25) is 0 Å². The lowest BCUT2D eigenvalue weighted by atomic mass is 10.1. The number of rotatable bonds is 4. The summed E-state index contributed by atoms with van der Waals surface area (Å²) in [7, 11) is 0. The molecule has 20 heavy (non-hydrogen) atoms. The zero-order chi connectivity index (χ0) is 15.5. The van der Waals surface area contributed by atoms with Gasteiger partial charge in [0.25, 0.3) is 0 Å². The van der Waals surface area contributed by atoms with E-state index in [0.29, 0.717) is 5.75 Å². The number of ether oxygens (including phenoxy) is 1. The fraction of sp³-hybridized carbons (Fsp3) is 0.462. The highest BCUT2D eigenvalue weighted by atomic mass is 19.4. The van der Waals surface area contributed by atoms with Crippen LogP contribution in [0.2, 0.25) is 0 Å². The number of nitrogens with zero attached hydrogens (tertiary/aromatic N) is 1. The number of halogens is 3. The monoisotopic (exact) mass is 290 g/mol. The molecule has 0 bridgehead atoms. The maximum absolute atomic E-state index is 12.8. The van der Waals surface area contributed by atoms with Gasteiger partial charge in [-0.1, -0.05) is 22.9 Å². The van der Waals surface area contributed by atoms with Gasteiger partial charge >= 0.3 is 6.18 Å². The molecule has 0 saturated carbocycles. The van der Waals surface area contributed by atoms with Crippen molar-refractivity contribution in [1.29, 1.82) is 0 Å². The average Bonchev–Trinajstić information content (AvgIpc) is 2.30. The van der Waals surface area contributed by atoms with Crippen LogP contribution in [0.3, 0.4) is 0 Å². The lowest BCUT2D eigenvalue weighted by Gasteiger charge is -2.21. The molecule has 1 aromatic carbocycles. The molecule has 0 aliphatic rings. The molecule has 1 aromatic rings. The van der Waals surface area contributed by atoms with E-state index in [2.05, 4.69) is 5.16 Å². The van der Waals surface area contributed by atoms with Gasteiger partial charge in [0.15, 0.2) is 5.84 Å². The minimum absolute atomic E-state index is 0.385.